The van der Waals surface area contributed by atoms with Crippen molar-refractivity contribution in [1.82, 2.24) is 5.32 Å². The van der Waals surface area contributed by atoms with Crippen LogP contribution in [0.4, 0.5) is 0 Å². The molecule has 0 saturated carbocycles. The van der Waals surface area contributed by atoms with Gasteiger partial charge in [0.15, 0.2) is 0 Å². The highest BCUT2D eigenvalue weighted by Crippen LogP contribution is 2.04. The van der Waals surface area contributed by atoms with Gasteiger partial charge < -0.3 is 15.2 Å². The molecule has 0 aliphatic heterocycles. The Labute approximate surface area is 96.2 Å². The lowest BCUT2D eigenvalue weighted by Gasteiger charge is -2.18. The Hall–Kier alpha value is -1.10. The van der Waals surface area contributed by atoms with Crippen LogP contribution in [0.25, 0.3) is 0 Å². The summed E-state index contributed by atoms with van der Waals surface area (Å²) in [4.78, 5) is 22.3. The first-order valence-electron chi connectivity index (χ1n) is 5.43. The van der Waals surface area contributed by atoms with Crippen molar-refractivity contribution in [2.45, 2.75) is 45.8 Å². The fraction of sp³-hybridized carbons (Fsp3) is 0.818. The summed E-state index contributed by atoms with van der Waals surface area (Å²) in [5.74, 6) is -1.37. The molecule has 0 bridgehead atoms. The maximum Gasteiger partial charge on any atom is 0.326 e. The lowest BCUT2D eigenvalue weighted by molar-refractivity contribution is -0.143. The lowest BCUT2D eigenvalue weighted by atomic mass is 10.0. The van der Waals surface area contributed by atoms with Crippen LogP contribution in [0.5, 0.6) is 0 Å². The van der Waals surface area contributed by atoms with Crippen molar-refractivity contribution in [3.63, 3.8) is 0 Å². The minimum Gasteiger partial charge on any atom is -0.480 e. The zero-order valence-corrected chi connectivity index (χ0v) is 10.3. The zero-order chi connectivity index (χ0) is 12.7. The van der Waals surface area contributed by atoms with E-state index in [2.05, 4.69) is 5.32 Å². The van der Waals surface area contributed by atoms with Crippen LogP contribution in [0, 0.1) is 5.92 Å². The third-order valence-electron chi connectivity index (χ3n) is 2.43. The smallest absolute Gasteiger partial charge is 0.326 e. The molecule has 0 aromatic heterocycles. The first-order valence-corrected chi connectivity index (χ1v) is 5.43. The molecule has 0 spiro atoms. The summed E-state index contributed by atoms with van der Waals surface area (Å²) in [6.45, 7) is 5.39. The average molecular weight is 231 g/mol. The van der Waals surface area contributed by atoms with Gasteiger partial charge in [0.2, 0.25) is 5.91 Å². The standard InChI is InChI=1S/C11H21NO4/c1-7(2)10(11(14)15)12-9(13)6-5-8(3)16-4/h7-8,10H,5-6H2,1-4H3,(H,12,13)(H,14,15). The molecule has 2 N–H and O–H groups in total. The van der Waals surface area contributed by atoms with E-state index in [9.17, 15) is 9.59 Å². The van der Waals surface area contributed by atoms with Crippen LogP contribution in [0.15, 0.2) is 0 Å². The second-order valence-electron chi connectivity index (χ2n) is 4.21. The topological polar surface area (TPSA) is 75.6 Å². The van der Waals surface area contributed by atoms with Crippen LogP contribution in [-0.2, 0) is 14.3 Å². The number of carbonyl (C=O) groups excluding carboxylic acids is 1. The molecule has 94 valence electrons. The van der Waals surface area contributed by atoms with Crippen LogP contribution in [0.2, 0.25) is 0 Å². The number of aliphatic carboxylic acids is 1. The van der Waals surface area contributed by atoms with Gasteiger partial charge in [-0.05, 0) is 19.3 Å². The highest BCUT2D eigenvalue weighted by atomic mass is 16.5. The van der Waals surface area contributed by atoms with E-state index in [4.69, 9.17) is 9.84 Å². The van der Waals surface area contributed by atoms with Crippen molar-refractivity contribution >= 4 is 11.9 Å². The Morgan fingerprint density at radius 3 is 2.25 bits per heavy atom. The first-order chi connectivity index (χ1) is 7.38. The van der Waals surface area contributed by atoms with E-state index in [0.717, 1.165) is 0 Å². The van der Waals surface area contributed by atoms with Crippen molar-refractivity contribution in [2.24, 2.45) is 5.92 Å². The summed E-state index contributed by atoms with van der Waals surface area (Å²) in [7, 11) is 1.58. The minimum absolute atomic E-state index is 0.00748. The van der Waals surface area contributed by atoms with Crippen LogP contribution in [0.1, 0.15) is 33.6 Å². The second kappa shape index (κ2) is 7.22. The van der Waals surface area contributed by atoms with E-state index < -0.39 is 12.0 Å². The predicted molar refractivity (Wildman–Crippen MR) is 60.1 cm³/mol. The van der Waals surface area contributed by atoms with Crippen molar-refractivity contribution in [3.05, 3.63) is 0 Å². The number of hydrogen-bond donors (Lipinski definition) is 2. The van der Waals surface area contributed by atoms with E-state index >= 15 is 0 Å². The van der Waals surface area contributed by atoms with Gasteiger partial charge in [-0.1, -0.05) is 13.8 Å². The fourth-order valence-corrected chi connectivity index (χ4v) is 1.21. The van der Waals surface area contributed by atoms with E-state index in [0.29, 0.717) is 6.42 Å². The second-order valence-corrected chi connectivity index (χ2v) is 4.21. The molecule has 0 aromatic carbocycles. The van der Waals surface area contributed by atoms with Crippen LogP contribution < -0.4 is 5.32 Å². The van der Waals surface area contributed by atoms with Gasteiger partial charge in [0.1, 0.15) is 6.04 Å². The third-order valence-corrected chi connectivity index (χ3v) is 2.43. The number of ether oxygens (including phenoxy) is 1. The molecule has 5 nitrogen and oxygen atoms in total. The van der Waals surface area contributed by atoms with Crippen LogP contribution in [-0.4, -0.2) is 36.2 Å². The predicted octanol–water partition coefficient (Wildman–Crippen LogP) is 1.03. The third kappa shape index (κ3) is 5.70. The lowest BCUT2D eigenvalue weighted by Crippen LogP contribution is -2.44. The van der Waals surface area contributed by atoms with Gasteiger partial charge in [0.05, 0.1) is 6.10 Å². The van der Waals surface area contributed by atoms with Gasteiger partial charge in [-0.15, -0.1) is 0 Å². The maximum absolute atomic E-state index is 11.5. The van der Waals surface area contributed by atoms with Crippen molar-refractivity contribution in [2.75, 3.05) is 7.11 Å². The number of hydrogen-bond acceptors (Lipinski definition) is 3. The molecule has 0 heterocycles. The summed E-state index contributed by atoms with van der Waals surface area (Å²) in [6, 6.07) is -0.814. The number of nitrogens with one attached hydrogen (secondary N) is 1. The molecule has 16 heavy (non-hydrogen) atoms. The van der Waals surface area contributed by atoms with Gasteiger partial charge >= 0.3 is 5.97 Å². The SMILES string of the molecule is COC(C)CCC(=O)NC(C(=O)O)C(C)C. The maximum atomic E-state index is 11.5. The Kier molecular flexibility index (Phi) is 6.72. The first kappa shape index (κ1) is 14.9. The highest BCUT2D eigenvalue weighted by Gasteiger charge is 2.23. The van der Waals surface area contributed by atoms with Gasteiger partial charge in [-0.25, -0.2) is 4.79 Å². The number of methoxy groups -OCH3 is 1. The van der Waals surface area contributed by atoms with Crippen molar-refractivity contribution in [3.8, 4) is 0 Å². The normalized spacial score (nSPS) is 14.6. The highest BCUT2D eigenvalue weighted by molar-refractivity contribution is 5.83. The van der Waals surface area contributed by atoms with Gasteiger partial charge in [0, 0.05) is 13.5 Å². The summed E-state index contributed by atoms with van der Waals surface area (Å²) >= 11 is 0. The molecular formula is C11H21NO4. The Balaban J connectivity index is 4.06. The molecule has 0 saturated heterocycles. The molecule has 0 aliphatic carbocycles. The molecule has 0 fully saturated rings. The Bertz CT molecular complexity index is 240. The monoisotopic (exact) mass is 231 g/mol. The quantitative estimate of drug-likeness (QED) is 0.686. The van der Waals surface area contributed by atoms with Gasteiger partial charge in [-0.2, -0.15) is 0 Å². The molecule has 2 atom stereocenters. The molecule has 1 amide bonds. The zero-order valence-electron chi connectivity index (χ0n) is 10.3. The van der Waals surface area contributed by atoms with Gasteiger partial charge in [0.25, 0.3) is 0 Å². The van der Waals surface area contributed by atoms with E-state index in [1.165, 1.54) is 0 Å². The number of carboxylic acids is 1. The molecule has 0 aromatic rings. The molecule has 2 unspecified atom stereocenters. The Morgan fingerprint density at radius 2 is 1.88 bits per heavy atom. The van der Waals surface area contributed by atoms with E-state index in [1.807, 2.05) is 6.92 Å². The molecular weight excluding hydrogens is 210 g/mol. The van der Waals surface area contributed by atoms with Crippen molar-refractivity contribution in [1.29, 1.82) is 0 Å². The van der Waals surface area contributed by atoms with Crippen LogP contribution >= 0.6 is 0 Å². The number of carboxylic acid groups (broad SMARTS) is 1. The molecule has 5 heteroatoms. The fourth-order valence-electron chi connectivity index (χ4n) is 1.21. The average Bonchev–Trinajstić information content (AvgIpc) is 2.21. The van der Waals surface area contributed by atoms with Gasteiger partial charge in [-0.3, -0.25) is 4.79 Å². The number of carbonyl (C=O) groups is 2. The van der Waals surface area contributed by atoms with E-state index in [1.54, 1.807) is 21.0 Å². The summed E-state index contributed by atoms with van der Waals surface area (Å²) in [6.07, 6.45) is 0.881. The summed E-state index contributed by atoms with van der Waals surface area (Å²) in [5.41, 5.74) is 0. The molecule has 0 aliphatic rings. The number of rotatable bonds is 7. The Morgan fingerprint density at radius 1 is 1.31 bits per heavy atom. The number of amides is 1. The summed E-state index contributed by atoms with van der Waals surface area (Å²) < 4.78 is 5.00. The van der Waals surface area contributed by atoms with E-state index in [-0.39, 0.29) is 24.3 Å². The largest absolute Gasteiger partial charge is 0.480 e. The minimum atomic E-state index is -0.997. The molecule has 0 radical (unpaired) electrons. The van der Waals surface area contributed by atoms with Crippen molar-refractivity contribution < 1.29 is 19.4 Å². The van der Waals surface area contributed by atoms with Crippen LogP contribution in [0.3, 0.4) is 0 Å². The molecule has 0 rings (SSSR count). The summed E-state index contributed by atoms with van der Waals surface area (Å²) in [5, 5.41) is 11.4.